The Kier molecular flexibility index (Phi) is 6.88. The van der Waals surface area contributed by atoms with E-state index in [1.54, 1.807) is 43.3 Å². The second kappa shape index (κ2) is 8.91. The van der Waals surface area contributed by atoms with E-state index in [-0.39, 0.29) is 11.8 Å². The number of benzene rings is 2. The van der Waals surface area contributed by atoms with Gasteiger partial charge in [0.05, 0.1) is 17.3 Å². The molecule has 0 radical (unpaired) electrons. The first-order valence-corrected chi connectivity index (χ1v) is 8.85. The zero-order valence-corrected chi connectivity index (χ0v) is 16.8. The fourth-order valence-electron chi connectivity index (χ4n) is 2.14. The van der Waals surface area contributed by atoms with Crippen molar-refractivity contribution in [3.05, 3.63) is 45.9 Å². The number of rotatable bonds is 6. The molecule has 0 spiro atoms. The Morgan fingerprint density at radius 1 is 1.12 bits per heavy atom. The Hall–Kier alpha value is -2.25. The van der Waals surface area contributed by atoms with Gasteiger partial charge >= 0.3 is 0 Å². The third-order valence-electron chi connectivity index (χ3n) is 3.34. The standard InChI is InChI=1S/C18H18BrClN2O4/c1-10(26-16-6-4-12(20)8-14(16)19)18(24)22-15-9-13(21-11(2)23)5-7-17(15)25-3/h4-10H,1-3H3,(H,21,23)(H,22,24). The number of hydrogen-bond acceptors (Lipinski definition) is 4. The Morgan fingerprint density at radius 2 is 1.81 bits per heavy atom. The maximum Gasteiger partial charge on any atom is 0.265 e. The highest BCUT2D eigenvalue weighted by atomic mass is 79.9. The van der Waals surface area contributed by atoms with Crippen molar-refractivity contribution < 1.29 is 19.1 Å². The molecule has 0 saturated heterocycles. The first-order valence-electron chi connectivity index (χ1n) is 7.68. The molecule has 0 aliphatic rings. The molecule has 2 rings (SSSR count). The molecule has 2 amide bonds. The van der Waals surface area contributed by atoms with E-state index in [1.165, 1.54) is 14.0 Å². The van der Waals surface area contributed by atoms with Crippen LogP contribution in [0.25, 0.3) is 0 Å². The van der Waals surface area contributed by atoms with Gasteiger partial charge in [0.1, 0.15) is 11.5 Å². The van der Waals surface area contributed by atoms with E-state index in [9.17, 15) is 9.59 Å². The number of carbonyl (C=O) groups excluding carboxylic acids is 2. The molecule has 0 aromatic heterocycles. The van der Waals surface area contributed by atoms with Crippen molar-refractivity contribution in [2.45, 2.75) is 20.0 Å². The summed E-state index contributed by atoms with van der Waals surface area (Å²) in [5.74, 6) is 0.380. The summed E-state index contributed by atoms with van der Waals surface area (Å²) in [4.78, 5) is 23.7. The molecule has 2 aromatic carbocycles. The summed E-state index contributed by atoms with van der Waals surface area (Å²) in [7, 11) is 1.49. The summed E-state index contributed by atoms with van der Waals surface area (Å²) in [6, 6.07) is 9.98. The van der Waals surface area contributed by atoms with E-state index >= 15 is 0 Å². The van der Waals surface area contributed by atoms with Crippen LogP contribution in [0.5, 0.6) is 11.5 Å². The second-order valence-electron chi connectivity index (χ2n) is 5.42. The van der Waals surface area contributed by atoms with Crippen LogP contribution in [0, 0.1) is 0 Å². The second-order valence-corrected chi connectivity index (χ2v) is 6.71. The minimum Gasteiger partial charge on any atom is -0.495 e. The lowest BCUT2D eigenvalue weighted by atomic mass is 10.2. The van der Waals surface area contributed by atoms with Crippen LogP contribution in [0.3, 0.4) is 0 Å². The third kappa shape index (κ3) is 5.37. The maximum atomic E-state index is 12.5. The predicted octanol–water partition coefficient (Wildman–Crippen LogP) is 4.48. The SMILES string of the molecule is COc1ccc(NC(C)=O)cc1NC(=O)C(C)Oc1ccc(Cl)cc1Br. The minimum atomic E-state index is -0.776. The Bertz CT molecular complexity index is 829. The number of ether oxygens (including phenoxy) is 2. The Morgan fingerprint density at radius 3 is 2.42 bits per heavy atom. The highest BCUT2D eigenvalue weighted by Crippen LogP contribution is 2.30. The van der Waals surface area contributed by atoms with E-state index in [0.29, 0.717) is 32.4 Å². The van der Waals surface area contributed by atoms with E-state index in [4.69, 9.17) is 21.1 Å². The molecule has 0 aliphatic heterocycles. The number of anilines is 2. The molecule has 0 saturated carbocycles. The van der Waals surface area contributed by atoms with Gasteiger partial charge in [-0.2, -0.15) is 0 Å². The molecule has 0 aliphatic carbocycles. The summed E-state index contributed by atoms with van der Waals surface area (Å²) in [5.41, 5.74) is 0.969. The van der Waals surface area contributed by atoms with E-state index in [0.717, 1.165) is 0 Å². The van der Waals surface area contributed by atoms with Gasteiger partial charge in [-0.1, -0.05) is 11.6 Å². The maximum absolute atomic E-state index is 12.5. The van der Waals surface area contributed by atoms with Gasteiger partial charge in [-0.25, -0.2) is 0 Å². The van der Waals surface area contributed by atoms with Crippen LogP contribution in [0.1, 0.15) is 13.8 Å². The molecule has 2 N–H and O–H groups in total. The number of amides is 2. The summed E-state index contributed by atoms with van der Waals surface area (Å²) < 4.78 is 11.6. The molecule has 0 bridgehead atoms. The van der Waals surface area contributed by atoms with E-state index < -0.39 is 6.10 Å². The summed E-state index contributed by atoms with van der Waals surface area (Å²) in [5, 5.41) is 5.96. The topological polar surface area (TPSA) is 76.7 Å². The van der Waals surface area contributed by atoms with Gasteiger partial charge in [0.15, 0.2) is 6.10 Å². The van der Waals surface area contributed by atoms with Crippen molar-refractivity contribution in [1.82, 2.24) is 0 Å². The van der Waals surface area contributed by atoms with Gasteiger partial charge in [-0.15, -0.1) is 0 Å². The fourth-order valence-corrected chi connectivity index (χ4v) is 2.91. The molecule has 0 heterocycles. The highest BCUT2D eigenvalue weighted by Gasteiger charge is 2.18. The molecule has 1 unspecified atom stereocenters. The van der Waals surface area contributed by atoms with Gasteiger partial charge in [0, 0.05) is 17.6 Å². The molecule has 8 heteroatoms. The van der Waals surface area contributed by atoms with Gasteiger partial charge in [-0.05, 0) is 59.3 Å². The van der Waals surface area contributed by atoms with Crippen LogP contribution in [0.15, 0.2) is 40.9 Å². The van der Waals surface area contributed by atoms with Gasteiger partial charge in [0.25, 0.3) is 5.91 Å². The number of halogens is 2. The number of nitrogens with one attached hydrogen (secondary N) is 2. The smallest absolute Gasteiger partial charge is 0.265 e. The van der Waals surface area contributed by atoms with Crippen molar-refractivity contribution in [1.29, 1.82) is 0 Å². The lowest BCUT2D eigenvalue weighted by Crippen LogP contribution is -2.30. The summed E-state index contributed by atoms with van der Waals surface area (Å²) in [6.45, 7) is 3.03. The summed E-state index contributed by atoms with van der Waals surface area (Å²) in [6.07, 6.45) is -0.776. The van der Waals surface area contributed by atoms with Crippen LogP contribution in [-0.2, 0) is 9.59 Å². The Balaban J connectivity index is 2.13. The average molecular weight is 442 g/mol. The van der Waals surface area contributed by atoms with Gasteiger partial charge < -0.3 is 20.1 Å². The molecule has 0 fully saturated rings. The van der Waals surface area contributed by atoms with Crippen molar-refractivity contribution in [3.63, 3.8) is 0 Å². The third-order valence-corrected chi connectivity index (χ3v) is 4.20. The molecule has 6 nitrogen and oxygen atoms in total. The quantitative estimate of drug-likeness (QED) is 0.693. The molecule has 26 heavy (non-hydrogen) atoms. The van der Waals surface area contributed by atoms with E-state index in [2.05, 4.69) is 26.6 Å². The summed E-state index contributed by atoms with van der Waals surface area (Å²) >= 11 is 9.24. The first-order chi connectivity index (χ1) is 12.3. The number of methoxy groups -OCH3 is 1. The molecule has 2 aromatic rings. The molecule has 1 atom stereocenters. The minimum absolute atomic E-state index is 0.211. The van der Waals surface area contributed by atoms with Crippen LogP contribution in [-0.4, -0.2) is 25.0 Å². The van der Waals surface area contributed by atoms with Crippen molar-refractivity contribution in [3.8, 4) is 11.5 Å². The zero-order chi connectivity index (χ0) is 19.3. The zero-order valence-electron chi connectivity index (χ0n) is 14.4. The molecular formula is C18H18BrClN2O4. The highest BCUT2D eigenvalue weighted by molar-refractivity contribution is 9.10. The molecule has 138 valence electrons. The van der Waals surface area contributed by atoms with Gasteiger partial charge in [-0.3, -0.25) is 9.59 Å². The van der Waals surface area contributed by atoms with Crippen LogP contribution < -0.4 is 20.1 Å². The van der Waals surface area contributed by atoms with Crippen molar-refractivity contribution in [2.24, 2.45) is 0 Å². The monoisotopic (exact) mass is 440 g/mol. The van der Waals surface area contributed by atoms with Crippen LogP contribution in [0.4, 0.5) is 11.4 Å². The molecular weight excluding hydrogens is 424 g/mol. The Labute approximate surface area is 164 Å². The van der Waals surface area contributed by atoms with Crippen LogP contribution in [0.2, 0.25) is 5.02 Å². The van der Waals surface area contributed by atoms with Crippen molar-refractivity contribution >= 4 is 50.7 Å². The normalized spacial score (nSPS) is 11.4. The van der Waals surface area contributed by atoms with Crippen molar-refractivity contribution in [2.75, 3.05) is 17.7 Å². The van der Waals surface area contributed by atoms with Crippen LogP contribution >= 0.6 is 27.5 Å². The average Bonchev–Trinajstić information content (AvgIpc) is 2.57. The van der Waals surface area contributed by atoms with E-state index in [1.807, 2.05) is 0 Å². The number of carbonyl (C=O) groups is 2. The largest absolute Gasteiger partial charge is 0.495 e. The predicted molar refractivity (Wildman–Crippen MR) is 105 cm³/mol. The lowest BCUT2D eigenvalue weighted by Gasteiger charge is -2.17. The first kappa shape index (κ1) is 20.1. The number of hydrogen-bond donors (Lipinski definition) is 2. The fraction of sp³-hybridized carbons (Fsp3) is 0.222. The van der Waals surface area contributed by atoms with Gasteiger partial charge in [0.2, 0.25) is 5.91 Å². The lowest BCUT2D eigenvalue weighted by molar-refractivity contribution is -0.122.